The first-order valence-corrected chi connectivity index (χ1v) is 12.8. The molecule has 5 rings (SSSR count). The second kappa shape index (κ2) is 12.4. The zero-order valence-corrected chi connectivity index (χ0v) is 22.0. The van der Waals surface area contributed by atoms with Crippen molar-refractivity contribution in [3.8, 4) is 11.5 Å². The average molecular weight is 548 g/mol. The van der Waals surface area contributed by atoms with Crippen molar-refractivity contribution in [2.24, 2.45) is 5.10 Å². The van der Waals surface area contributed by atoms with Gasteiger partial charge in [0.15, 0.2) is 11.5 Å². The summed E-state index contributed by atoms with van der Waals surface area (Å²) in [5, 5.41) is 7.84. The highest BCUT2D eigenvalue weighted by atomic mass is 35.5. The number of benzene rings is 3. The number of methoxy groups -OCH3 is 1. The monoisotopic (exact) mass is 547 g/mol. The summed E-state index contributed by atoms with van der Waals surface area (Å²) in [4.78, 5) is 15.8. The van der Waals surface area contributed by atoms with E-state index in [9.17, 15) is 4.39 Å². The number of rotatable bonds is 10. The number of hydrogen-bond donors (Lipinski definition) is 2. The Balaban J connectivity index is 1.32. The smallest absolute Gasteiger partial charge is 0.250 e. The van der Waals surface area contributed by atoms with Gasteiger partial charge in [0.05, 0.1) is 18.3 Å². The number of para-hydroxylation sites is 1. The molecule has 1 aliphatic heterocycles. The van der Waals surface area contributed by atoms with Crippen LogP contribution in [0.2, 0.25) is 5.02 Å². The lowest BCUT2D eigenvalue weighted by atomic mass is 10.2. The second-order valence-corrected chi connectivity index (χ2v) is 9.14. The molecular weight excluding hydrogens is 521 g/mol. The molecule has 11 heteroatoms. The Kier molecular flexibility index (Phi) is 8.33. The molecule has 39 heavy (non-hydrogen) atoms. The van der Waals surface area contributed by atoms with Gasteiger partial charge < -0.3 is 19.7 Å². The third kappa shape index (κ3) is 6.71. The lowest BCUT2D eigenvalue weighted by molar-refractivity contribution is 0.280. The molecule has 2 N–H and O–H groups in total. The van der Waals surface area contributed by atoms with Gasteiger partial charge >= 0.3 is 0 Å². The Morgan fingerprint density at radius 3 is 2.54 bits per heavy atom. The largest absolute Gasteiger partial charge is 0.493 e. The number of nitrogens with one attached hydrogen (secondary N) is 2. The molecule has 0 atom stereocenters. The Bertz CT molecular complexity index is 1430. The minimum absolute atomic E-state index is 0.0535. The number of hydrogen-bond acceptors (Lipinski definition) is 9. The van der Waals surface area contributed by atoms with Gasteiger partial charge in [-0.1, -0.05) is 35.9 Å². The van der Waals surface area contributed by atoms with Crippen LogP contribution in [0.1, 0.15) is 24.0 Å². The van der Waals surface area contributed by atoms with Crippen LogP contribution in [0.15, 0.2) is 71.8 Å². The van der Waals surface area contributed by atoms with E-state index in [1.165, 1.54) is 13.2 Å². The fraction of sp³-hybridized carbons (Fsp3) is 0.214. The minimum Gasteiger partial charge on any atom is -0.493 e. The average Bonchev–Trinajstić information content (AvgIpc) is 3.49. The van der Waals surface area contributed by atoms with E-state index in [0.29, 0.717) is 34.4 Å². The van der Waals surface area contributed by atoms with Crippen LogP contribution in [0.4, 0.5) is 27.9 Å². The van der Waals surface area contributed by atoms with E-state index in [-0.39, 0.29) is 12.2 Å². The summed E-state index contributed by atoms with van der Waals surface area (Å²) in [5.74, 6) is 1.80. The van der Waals surface area contributed by atoms with Gasteiger partial charge in [-0.25, -0.2) is 9.82 Å². The van der Waals surface area contributed by atoms with Crippen molar-refractivity contribution in [3.05, 3.63) is 88.7 Å². The molecule has 0 amide bonds. The fourth-order valence-corrected chi connectivity index (χ4v) is 4.27. The number of halogens is 2. The lowest BCUT2D eigenvalue weighted by Crippen LogP contribution is -2.21. The van der Waals surface area contributed by atoms with Crippen LogP contribution in [0.5, 0.6) is 11.5 Å². The number of anilines is 4. The van der Waals surface area contributed by atoms with Gasteiger partial charge in [0.1, 0.15) is 12.4 Å². The van der Waals surface area contributed by atoms with Crippen molar-refractivity contribution in [2.75, 3.05) is 35.8 Å². The molecule has 0 bridgehead atoms. The van der Waals surface area contributed by atoms with Crippen molar-refractivity contribution in [1.29, 1.82) is 0 Å². The highest BCUT2D eigenvalue weighted by molar-refractivity contribution is 6.31. The summed E-state index contributed by atoms with van der Waals surface area (Å²) in [6.07, 6.45) is 3.80. The maximum absolute atomic E-state index is 14.2. The normalized spacial score (nSPS) is 13.1. The summed E-state index contributed by atoms with van der Waals surface area (Å²) in [7, 11) is 1.54. The molecule has 9 nitrogen and oxygen atoms in total. The fourth-order valence-electron chi connectivity index (χ4n) is 4.05. The first-order chi connectivity index (χ1) is 19.1. The van der Waals surface area contributed by atoms with E-state index in [4.69, 9.17) is 21.1 Å². The SMILES string of the molecule is COc1ccc(/C=N/Nc2nc(Nc3ccccc3)nc(N3CCCC3)n2)cc1OCc1c(F)cccc1Cl. The van der Waals surface area contributed by atoms with Gasteiger partial charge in [-0.05, 0) is 60.9 Å². The van der Waals surface area contributed by atoms with Crippen LogP contribution in [-0.4, -0.2) is 41.4 Å². The van der Waals surface area contributed by atoms with E-state index in [0.717, 1.165) is 37.2 Å². The highest BCUT2D eigenvalue weighted by Crippen LogP contribution is 2.30. The molecule has 200 valence electrons. The van der Waals surface area contributed by atoms with E-state index < -0.39 is 5.82 Å². The second-order valence-electron chi connectivity index (χ2n) is 8.74. The molecule has 0 saturated carbocycles. The Labute approximate surface area is 230 Å². The molecule has 0 spiro atoms. The van der Waals surface area contributed by atoms with Crippen LogP contribution in [0, 0.1) is 5.82 Å². The summed E-state index contributed by atoms with van der Waals surface area (Å²) >= 11 is 6.13. The van der Waals surface area contributed by atoms with Crippen molar-refractivity contribution in [3.63, 3.8) is 0 Å². The molecule has 1 fully saturated rings. The zero-order chi connectivity index (χ0) is 27.0. The molecule has 0 unspecified atom stereocenters. The van der Waals surface area contributed by atoms with Gasteiger partial charge in [0.25, 0.3) is 0 Å². The highest BCUT2D eigenvalue weighted by Gasteiger charge is 2.17. The van der Waals surface area contributed by atoms with Gasteiger partial charge in [-0.15, -0.1) is 0 Å². The van der Waals surface area contributed by atoms with Gasteiger partial charge in [-0.2, -0.15) is 20.1 Å². The van der Waals surface area contributed by atoms with Crippen molar-refractivity contribution in [2.45, 2.75) is 19.4 Å². The van der Waals surface area contributed by atoms with Gasteiger partial charge in [0.2, 0.25) is 17.8 Å². The quantitative estimate of drug-likeness (QED) is 0.183. The molecule has 0 aliphatic carbocycles. The Morgan fingerprint density at radius 1 is 0.974 bits per heavy atom. The molecule has 1 saturated heterocycles. The first kappa shape index (κ1) is 26.2. The van der Waals surface area contributed by atoms with Crippen LogP contribution in [0.3, 0.4) is 0 Å². The molecule has 1 aliphatic rings. The minimum atomic E-state index is -0.435. The summed E-state index contributed by atoms with van der Waals surface area (Å²) in [6.45, 7) is 1.73. The third-order valence-electron chi connectivity index (χ3n) is 6.04. The first-order valence-electron chi connectivity index (χ1n) is 12.4. The molecule has 0 radical (unpaired) electrons. The number of nitrogens with zero attached hydrogens (tertiary/aromatic N) is 5. The number of hydrazone groups is 1. The van der Waals surface area contributed by atoms with Gasteiger partial charge in [0, 0.05) is 24.3 Å². The Morgan fingerprint density at radius 2 is 1.77 bits per heavy atom. The third-order valence-corrected chi connectivity index (χ3v) is 6.40. The van der Waals surface area contributed by atoms with E-state index >= 15 is 0 Å². The zero-order valence-electron chi connectivity index (χ0n) is 21.3. The molecule has 3 aromatic carbocycles. The Hall–Kier alpha value is -4.44. The van der Waals surface area contributed by atoms with E-state index in [1.807, 2.05) is 36.4 Å². The lowest BCUT2D eigenvalue weighted by Gasteiger charge is -2.16. The number of aromatic nitrogens is 3. The van der Waals surface area contributed by atoms with E-state index in [2.05, 4.69) is 35.7 Å². The van der Waals surface area contributed by atoms with Crippen molar-refractivity contribution >= 4 is 41.3 Å². The maximum Gasteiger partial charge on any atom is 0.250 e. The van der Waals surface area contributed by atoms with Crippen molar-refractivity contribution in [1.82, 2.24) is 15.0 Å². The molecule has 4 aromatic rings. The predicted octanol–water partition coefficient (Wildman–Crippen LogP) is 6.04. The molecular formula is C28H27ClFN7O2. The standard InChI is InChI=1S/C28H27ClFN7O2/c1-38-24-13-12-19(16-25(24)39-18-21-22(29)10-7-11-23(21)30)17-31-36-27-33-26(32-20-8-3-2-4-9-20)34-28(35-27)37-14-5-6-15-37/h2-4,7-13,16-17H,5-6,14-15,18H2,1H3,(H2,32,33,34,35,36)/b31-17+. The predicted molar refractivity (Wildman–Crippen MR) is 151 cm³/mol. The summed E-state index contributed by atoms with van der Waals surface area (Å²) < 4.78 is 25.4. The summed E-state index contributed by atoms with van der Waals surface area (Å²) in [6, 6.07) is 19.5. The van der Waals surface area contributed by atoms with Crippen LogP contribution < -0.4 is 25.1 Å². The van der Waals surface area contributed by atoms with E-state index in [1.54, 1.807) is 30.5 Å². The number of ether oxygens (including phenoxy) is 2. The maximum atomic E-state index is 14.2. The van der Waals surface area contributed by atoms with Crippen LogP contribution in [-0.2, 0) is 6.61 Å². The van der Waals surface area contributed by atoms with Crippen LogP contribution >= 0.6 is 11.6 Å². The van der Waals surface area contributed by atoms with Crippen molar-refractivity contribution < 1.29 is 13.9 Å². The molecule has 2 heterocycles. The van der Waals surface area contributed by atoms with Crippen LogP contribution in [0.25, 0.3) is 0 Å². The summed E-state index contributed by atoms with van der Waals surface area (Å²) in [5.41, 5.74) is 4.76. The molecule has 1 aromatic heterocycles. The van der Waals surface area contributed by atoms with Gasteiger partial charge in [-0.3, -0.25) is 0 Å². The topological polar surface area (TPSA) is 96.8 Å².